The first kappa shape index (κ1) is 18.1. The lowest BCUT2D eigenvalue weighted by Gasteiger charge is -2.11. The Hall–Kier alpha value is -1.85. The van der Waals surface area contributed by atoms with Crippen LogP contribution in [-0.4, -0.2) is 35.2 Å². The quantitative estimate of drug-likeness (QED) is 0.343. The van der Waals surface area contributed by atoms with Crippen LogP contribution in [0.4, 0.5) is 0 Å². The van der Waals surface area contributed by atoms with E-state index in [2.05, 4.69) is 11.3 Å². The van der Waals surface area contributed by atoms with Crippen LogP contribution < -0.4 is 0 Å². The van der Waals surface area contributed by atoms with Crippen molar-refractivity contribution in [3.05, 3.63) is 12.2 Å². The number of rotatable bonds is 11. The standard InChI is InChI=1S/C14H22O6/c1-10(13(16)17)11(14(18)19)8-6-4-3-5-7-9-12(15)20-2/h11H,1,3-9H2,2H3,(H,16,17)(H,18,19)/t11-/m1/s1. The van der Waals surface area contributed by atoms with Crippen molar-refractivity contribution in [1.29, 1.82) is 0 Å². The molecule has 0 aromatic rings. The van der Waals surface area contributed by atoms with Gasteiger partial charge in [0.25, 0.3) is 0 Å². The summed E-state index contributed by atoms with van der Waals surface area (Å²) in [6, 6.07) is 0. The summed E-state index contributed by atoms with van der Waals surface area (Å²) in [5.74, 6) is -3.67. The zero-order valence-corrected chi connectivity index (χ0v) is 11.8. The third kappa shape index (κ3) is 7.56. The Morgan fingerprint density at radius 1 is 1.05 bits per heavy atom. The Bertz CT molecular complexity index is 361. The average Bonchev–Trinajstić information content (AvgIpc) is 2.40. The number of hydrogen-bond acceptors (Lipinski definition) is 4. The van der Waals surface area contributed by atoms with Crippen molar-refractivity contribution < 1.29 is 29.3 Å². The van der Waals surface area contributed by atoms with Crippen molar-refractivity contribution >= 4 is 17.9 Å². The van der Waals surface area contributed by atoms with E-state index in [1.165, 1.54) is 7.11 Å². The molecule has 0 fully saturated rings. The molecule has 0 unspecified atom stereocenters. The highest BCUT2D eigenvalue weighted by molar-refractivity contribution is 5.93. The number of carboxylic acid groups (broad SMARTS) is 2. The molecular formula is C14H22O6. The van der Waals surface area contributed by atoms with E-state index in [-0.39, 0.29) is 18.0 Å². The zero-order chi connectivity index (χ0) is 15.5. The fraction of sp³-hybridized carbons (Fsp3) is 0.643. The van der Waals surface area contributed by atoms with Crippen LogP contribution in [0.5, 0.6) is 0 Å². The van der Waals surface area contributed by atoms with Crippen molar-refractivity contribution in [3.8, 4) is 0 Å². The van der Waals surface area contributed by atoms with Gasteiger partial charge in [-0.05, 0) is 12.8 Å². The SMILES string of the molecule is C=C(C(=O)O)[C@@H](CCCCCCCC(=O)OC)C(=O)O. The first-order valence-electron chi connectivity index (χ1n) is 6.61. The molecule has 2 N–H and O–H groups in total. The van der Waals surface area contributed by atoms with Crippen molar-refractivity contribution in [2.45, 2.75) is 44.9 Å². The molecule has 0 aliphatic heterocycles. The van der Waals surface area contributed by atoms with Crippen LogP contribution in [0.15, 0.2) is 12.2 Å². The number of esters is 1. The lowest BCUT2D eigenvalue weighted by molar-refractivity contribution is -0.144. The summed E-state index contributed by atoms with van der Waals surface area (Å²) in [4.78, 5) is 32.5. The average molecular weight is 286 g/mol. The van der Waals surface area contributed by atoms with Crippen LogP contribution in [0.25, 0.3) is 0 Å². The van der Waals surface area contributed by atoms with Crippen LogP contribution in [0.1, 0.15) is 44.9 Å². The minimum absolute atomic E-state index is 0.228. The van der Waals surface area contributed by atoms with Crippen molar-refractivity contribution in [3.63, 3.8) is 0 Å². The molecule has 20 heavy (non-hydrogen) atoms. The van der Waals surface area contributed by atoms with Crippen molar-refractivity contribution in [2.24, 2.45) is 5.92 Å². The van der Waals surface area contributed by atoms with Crippen LogP contribution in [0.3, 0.4) is 0 Å². The minimum Gasteiger partial charge on any atom is -0.481 e. The molecule has 0 aliphatic rings. The van der Waals surface area contributed by atoms with E-state index in [0.717, 1.165) is 25.7 Å². The number of methoxy groups -OCH3 is 1. The topological polar surface area (TPSA) is 101 Å². The summed E-state index contributed by atoms with van der Waals surface area (Å²) in [6.45, 7) is 3.30. The van der Waals surface area contributed by atoms with Gasteiger partial charge in [0.05, 0.1) is 13.0 Å². The highest BCUT2D eigenvalue weighted by Gasteiger charge is 2.24. The molecule has 6 heteroatoms. The summed E-state index contributed by atoms with van der Waals surface area (Å²) < 4.78 is 4.51. The molecule has 0 spiro atoms. The number of aliphatic carboxylic acids is 2. The van der Waals surface area contributed by atoms with Gasteiger partial charge >= 0.3 is 17.9 Å². The largest absolute Gasteiger partial charge is 0.481 e. The van der Waals surface area contributed by atoms with E-state index >= 15 is 0 Å². The Morgan fingerprint density at radius 3 is 2.10 bits per heavy atom. The maximum Gasteiger partial charge on any atom is 0.331 e. The van der Waals surface area contributed by atoms with Gasteiger partial charge in [0.15, 0.2) is 0 Å². The first-order valence-corrected chi connectivity index (χ1v) is 6.61. The van der Waals surface area contributed by atoms with Gasteiger partial charge in [0, 0.05) is 12.0 Å². The third-order valence-electron chi connectivity index (χ3n) is 3.09. The van der Waals surface area contributed by atoms with Gasteiger partial charge in [0.1, 0.15) is 0 Å². The molecule has 0 bridgehead atoms. The summed E-state index contributed by atoms with van der Waals surface area (Å²) in [5, 5.41) is 17.7. The number of hydrogen-bond donors (Lipinski definition) is 2. The van der Waals surface area contributed by atoms with Crippen molar-refractivity contribution in [1.82, 2.24) is 0 Å². The van der Waals surface area contributed by atoms with Gasteiger partial charge in [-0.25, -0.2) is 4.79 Å². The predicted octanol–water partition coefficient (Wildman–Crippen LogP) is 2.23. The fourth-order valence-electron chi connectivity index (χ4n) is 1.85. The van der Waals surface area contributed by atoms with Gasteiger partial charge < -0.3 is 14.9 Å². The normalized spacial score (nSPS) is 11.7. The summed E-state index contributed by atoms with van der Waals surface area (Å²) in [6.07, 6.45) is 4.59. The zero-order valence-electron chi connectivity index (χ0n) is 11.8. The molecule has 0 aromatic carbocycles. The highest BCUT2D eigenvalue weighted by atomic mass is 16.5. The molecule has 0 saturated carbocycles. The minimum atomic E-state index is -1.27. The molecule has 0 aliphatic carbocycles. The second-order valence-electron chi connectivity index (χ2n) is 4.60. The van der Waals surface area contributed by atoms with Crippen LogP contribution in [-0.2, 0) is 19.1 Å². The maximum atomic E-state index is 10.9. The lowest BCUT2D eigenvalue weighted by Crippen LogP contribution is -2.20. The molecule has 0 heterocycles. The van der Waals surface area contributed by atoms with E-state index in [4.69, 9.17) is 10.2 Å². The van der Waals surface area contributed by atoms with Gasteiger partial charge in [-0.3, -0.25) is 9.59 Å². The molecule has 0 saturated heterocycles. The molecule has 0 aromatic heterocycles. The number of ether oxygens (including phenoxy) is 1. The number of carbonyl (C=O) groups excluding carboxylic acids is 1. The van der Waals surface area contributed by atoms with Gasteiger partial charge in [-0.15, -0.1) is 0 Å². The van der Waals surface area contributed by atoms with E-state index < -0.39 is 17.9 Å². The number of carbonyl (C=O) groups is 3. The molecule has 114 valence electrons. The van der Waals surface area contributed by atoms with Gasteiger partial charge in [-0.2, -0.15) is 0 Å². The smallest absolute Gasteiger partial charge is 0.331 e. The van der Waals surface area contributed by atoms with Gasteiger partial charge in [-0.1, -0.05) is 32.3 Å². The van der Waals surface area contributed by atoms with Crippen molar-refractivity contribution in [2.75, 3.05) is 7.11 Å². The highest BCUT2D eigenvalue weighted by Crippen LogP contribution is 2.19. The molecule has 1 atom stereocenters. The summed E-state index contributed by atoms with van der Waals surface area (Å²) >= 11 is 0. The molecule has 0 amide bonds. The van der Waals surface area contributed by atoms with E-state index in [9.17, 15) is 14.4 Å². The Morgan fingerprint density at radius 2 is 1.60 bits per heavy atom. The van der Waals surface area contributed by atoms with E-state index in [1.807, 2.05) is 0 Å². The molecule has 0 radical (unpaired) electrons. The van der Waals surface area contributed by atoms with Gasteiger partial charge in [0.2, 0.25) is 0 Å². The van der Waals surface area contributed by atoms with E-state index in [0.29, 0.717) is 12.8 Å². The summed E-state index contributed by atoms with van der Waals surface area (Å²) in [7, 11) is 1.35. The molecular weight excluding hydrogens is 264 g/mol. The first-order chi connectivity index (χ1) is 9.40. The second kappa shape index (κ2) is 10.00. The lowest BCUT2D eigenvalue weighted by atomic mass is 9.94. The molecule has 6 nitrogen and oxygen atoms in total. The van der Waals surface area contributed by atoms with Crippen LogP contribution in [0, 0.1) is 5.92 Å². The Balaban J connectivity index is 3.81. The molecule has 0 rings (SSSR count). The Labute approximate surface area is 118 Å². The fourth-order valence-corrected chi connectivity index (χ4v) is 1.85. The number of unbranched alkanes of at least 4 members (excludes halogenated alkanes) is 4. The Kier molecular flexibility index (Phi) is 9.07. The van der Waals surface area contributed by atoms with Crippen LogP contribution >= 0.6 is 0 Å². The van der Waals surface area contributed by atoms with Crippen LogP contribution in [0.2, 0.25) is 0 Å². The van der Waals surface area contributed by atoms with E-state index in [1.54, 1.807) is 0 Å². The number of carboxylic acids is 2. The maximum absolute atomic E-state index is 10.9. The third-order valence-corrected chi connectivity index (χ3v) is 3.09. The predicted molar refractivity (Wildman–Crippen MR) is 72.2 cm³/mol. The summed E-state index contributed by atoms with van der Waals surface area (Å²) in [5.41, 5.74) is -0.275. The monoisotopic (exact) mass is 286 g/mol. The second-order valence-corrected chi connectivity index (χ2v) is 4.60.